The Hall–Kier alpha value is -3.12. The van der Waals surface area contributed by atoms with Crippen molar-refractivity contribution in [2.45, 2.75) is 13.3 Å². The number of hydrogen-bond acceptors (Lipinski definition) is 6. The molecule has 0 saturated carbocycles. The van der Waals surface area contributed by atoms with Crippen LogP contribution in [0.25, 0.3) is 0 Å². The number of para-hydroxylation sites is 3. The van der Waals surface area contributed by atoms with Crippen LogP contribution >= 0.6 is 0 Å². The van der Waals surface area contributed by atoms with Crippen molar-refractivity contribution in [3.63, 3.8) is 0 Å². The number of aryl methyl sites for hydroxylation is 1. The van der Waals surface area contributed by atoms with Gasteiger partial charge in [0.15, 0.2) is 5.75 Å². The van der Waals surface area contributed by atoms with E-state index in [0.29, 0.717) is 18.3 Å². The van der Waals surface area contributed by atoms with Gasteiger partial charge in [-0.05, 0) is 37.6 Å². The molecular weight excluding hydrogens is 340 g/mol. The Morgan fingerprint density at radius 1 is 0.963 bits per heavy atom. The number of nitrogens with zero attached hydrogens (tertiary/aromatic N) is 2. The molecule has 0 aliphatic heterocycles. The number of benzene rings is 2. The van der Waals surface area contributed by atoms with Crippen LogP contribution in [0.4, 0.5) is 17.5 Å². The van der Waals surface area contributed by atoms with Crippen LogP contribution in [0.1, 0.15) is 12.1 Å². The summed E-state index contributed by atoms with van der Waals surface area (Å²) in [4.78, 5) is 9.02. The van der Waals surface area contributed by atoms with Gasteiger partial charge in [-0.15, -0.1) is 0 Å². The first-order valence-corrected chi connectivity index (χ1v) is 8.92. The molecule has 0 saturated heterocycles. The number of anilines is 3. The minimum atomic E-state index is 0.522. The SMILES string of the molecule is COCCCNc1cc(C)nc(Nc2ccccc2Oc2ccccc2)n1. The van der Waals surface area contributed by atoms with E-state index in [9.17, 15) is 0 Å². The highest BCUT2D eigenvalue weighted by Crippen LogP contribution is 2.30. The molecule has 0 fully saturated rings. The number of nitrogens with one attached hydrogen (secondary N) is 2. The zero-order chi connectivity index (χ0) is 18.9. The normalized spacial score (nSPS) is 10.4. The monoisotopic (exact) mass is 364 g/mol. The molecule has 6 nitrogen and oxygen atoms in total. The first kappa shape index (κ1) is 18.7. The summed E-state index contributed by atoms with van der Waals surface area (Å²) in [6.07, 6.45) is 0.913. The van der Waals surface area contributed by atoms with Gasteiger partial charge in [0.25, 0.3) is 0 Å². The van der Waals surface area contributed by atoms with Gasteiger partial charge in [-0.1, -0.05) is 30.3 Å². The van der Waals surface area contributed by atoms with E-state index in [-0.39, 0.29) is 0 Å². The van der Waals surface area contributed by atoms with E-state index in [2.05, 4.69) is 20.6 Å². The van der Waals surface area contributed by atoms with Crippen LogP contribution in [0.3, 0.4) is 0 Å². The quantitative estimate of drug-likeness (QED) is 0.533. The number of hydrogen-bond donors (Lipinski definition) is 2. The highest BCUT2D eigenvalue weighted by Gasteiger charge is 2.08. The number of methoxy groups -OCH3 is 1. The minimum absolute atomic E-state index is 0.522. The summed E-state index contributed by atoms with van der Waals surface area (Å²) >= 11 is 0. The van der Waals surface area contributed by atoms with Gasteiger partial charge >= 0.3 is 0 Å². The van der Waals surface area contributed by atoms with Crippen LogP contribution in [0, 0.1) is 6.92 Å². The van der Waals surface area contributed by atoms with E-state index in [0.717, 1.165) is 35.9 Å². The van der Waals surface area contributed by atoms with Crippen LogP contribution in [0.2, 0.25) is 0 Å². The third kappa shape index (κ3) is 5.69. The van der Waals surface area contributed by atoms with Gasteiger partial charge in [-0.2, -0.15) is 4.98 Å². The van der Waals surface area contributed by atoms with E-state index >= 15 is 0 Å². The van der Waals surface area contributed by atoms with Gasteiger partial charge in [0.05, 0.1) is 5.69 Å². The molecule has 1 aromatic heterocycles. The summed E-state index contributed by atoms with van der Waals surface area (Å²) in [5, 5.41) is 6.56. The lowest BCUT2D eigenvalue weighted by atomic mass is 10.3. The van der Waals surface area contributed by atoms with Crippen molar-refractivity contribution < 1.29 is 9.47 Å². The second-order valence-electron chi connectivity index (χ2n) is 6.03. The molecule has 0 spiro atoms. The second-order valence-corrected chi connectivity index (χ2v) is 6.03. The fraction of sp³-hybridized carbons (Fsp3) is 0.238. The van der Waals surface area contributed by atoms with Crippen molar-refractivity contribution in [3.05, 3.63) is 66.4 Å². The number of ether oxygens (including phenoxy) is 2. The molecule has 6 heteroatoms. The summed E-state index contributed by atoms with van der Waals surface area (Å²) in [7, 11) is 1.70. The highest BCUT2D eigenvalue weighted by molar-refractivity contribution is 5.64. The summed E-state index contributed by atoms with van der Waals surface area (Å²) < 4.78 is 11.1. The predicted octanol–water partition coefficient (Wildman–Crippen LogP) is 4.77. The van der Waals surface area contributed by atoms with E-state index in [1.165, 1.54) is 0 Å². The smallest absolute Gasteiger partial charge is 0.229 e. The molecule has 1 heterocycles. The highest BCUT2D eigenvalue weighted by atomic mass is 16.5. The van der Waals surface area contributed by atoms with Gasteiger partial charge in [0.1, 0.15) is 11.6 Å². The van der Waals surface area contributed by atoms with Crippen LogP contribution in [-0.4, -0.2) is 30.2 Å². The van der Waals surface area contributed by atoms with Crippen LogP contribution in [0.5, 0.6) is 11.5 Å². The molecule has 3 aromatic rings. The molecule has 0 aliphatic rings. The molecule has 27 heavy (non-hydrogen) atoms. The third-order valence-electron chi connectivity index (χ3n) is 3.79. The maximum absolute atomic E-state index is 5.99. The van der Waals surface area contributed by atoms with Gasteiger partial charge < -0.3 is 20.1 Å². The Kier molecular flexibility index (Phi) is 6.60. The van der Waals surface area contributed by atoms with Crippen LogP contribution in [0.15, 0.2) is 60.7 Å². The maximum Gasteiger partial charge on any atom is 0.229 e. The van der Waals surface area contributed by atoms with Crippen molar-refractivity contribution >= 4 is 17.5 Å². The average Bonchev–Trinajstić information content (AvgIpc) is 2.67. The molecule has 0 aliphatic carbocycles. The number of rotatable bonds is 9. The molecule has 0 bridgehead atoms. The summed E-state index contributed by atoms with van der Waals surface area (Å²) in [6, 6.07) is 19.3. The van der Waals surface area contributed by atoms with Crippen LogP contribution < -0.4 is 15.4 Å². The molecule has 0 unspecified atom stereocenters. The molecule has 2 aromatic carbocycles. The van der Waals surface area contributed by atoms with Crippen molar-refractivity contribution in [1.82, 2.24) is 9.97 Å². The summed E-state index contributed by atoms with van der Waals surface area (Å²) in [5.41, 5.74) is 1.68. The molecule has 2 N–H and O–H groups in total. The Labute approximate surface area is 159 Å². The molecule has 0 radical (unpaired) electrons. The van der Waals surface area contributed by atoms with Crippen molar-refractivity contribution in [2.75, 3.05) is 30.9 Å². The second kappa shape index (κ2) is 9.54. The van der Waals surface area contributed by atoms with E-state index < -0.39 is 0 Å². The van der Waals surface area contributed by atoms with E-state index in [1.807, 2.05) is 67.6 Å². The Balaban J connectivity index is 1.74. The third-order valence-corrected chi connectivity index (χ3v) is 3.79. The zero-order valence-corrected chi connectivity index (χ0v) is 15.6. The first-order chi connectivity index (χ1) is 13.2. The Morgan fingerprint density at radius 3 is 2.56 bits per heavy atom. The minimum Gasteiger partial charge on any atom is -0.455 e. The summed E-state index contributed by atoms with van der Waals surface area (Å²) in [5.74, 6) is 2.79. The molecule has 140 valence electrons. The van der Waals surface area contributed by atoms with Crippen molar-refractivity contribution in [1.29, 1.82) is 0 Å². The maximum atomic E-state index is 5.99. The Bertz CT molecular complexity index is 856. The van der Waals surface area contributed by atoms with Gasteiger partial charge in [0, 0.05) is 32.0 Å². The lowest BCUT2D eigenvalue weighted by Crippen LogP contribution is -2.08. The largest absolute Gasteiger partial charge is 0.455 e. The Morgan fingerprint density at radius 2 is 1.74 bits per heavy atom. The fourth-order valence-electron chi connectivity index (χ4n) is 2.54. The fourth-order valence-corrected chi connectivity index (χ4v) is 2.54. The average molecular weight is 364 g/mol. The lowest BCUT2D eigenvalue weighted by molar-refractivity contribution is 0.198. The molecule has 0 atom stereocenters. The summed E-state index contributed by atoms with van der Waals surface area (Å²) in [6.45, 7) is 3.45. The topological polar surface area (TPSA) is 68.3 Å². The predicted molar refractivity (Wildman–Crippen MR) is 108 cm³/mol. The van der Waals surface area contributed by atoms with Crippen molar-refractivity contribution in [2.24, 2.45) is 0 Å². The van der Waals surface area contributed by atoms with Gasteiger partial charge in [-0.3, -0.25) is 0 Å². The van der Waals surface area contributed by atoms with Crippen molar-refractivity contribution in [3.8, 4) is 11.5 Å². The molecule has 3 rings (SSSR count). The first-order valence-electron chi connectivity index (χ1n) is 8.92. The molecule has 0 amide bonds. The lowest BCUT2D eigenvalue weighted by Gasteiger charge is -2.13. The standard InChI is InChI=1S/C21H24N4O2/c1-16-15-20(22-13-8-14-26-2)25-21(23-16)24-18-11-6-7-12-19(18)27-17-9-4-3-5-10-17/h3-7,9-12,15H,8,13-14H2,1-2H3,(H2,22,23,24,25). The van der Waals surface area contributed by atoms with Gasteiger partial charge in [-0.25, -0.2) is 4.98 Å². The van der Waals surface area contributed by atoms with Crippen LogP contribution in [-0.2, 0) is 4.74 Å². The number of aromatic nitrogens is 2. The van der Waals surface area contributed by atoms with Gasteiger partial charge in [0.2, 0.25) is 5.95 Å². The van der Waals surface area contributed by atoms with E-state index in [4.69, 9.17) is 9.47 Å². The van der Waals surface area contributed by atoms with E-state index in [1.54, 1.807) is 7.11 Å². The zero-order valence-electron chi connectivity index (χ0n) is 15.6. The molecular formula is C21H24N4O2.